The van der Waals surface area contributed by atoms with Gasteiger partial charge in [0.1, 0.15) is 11.5 Å². The topological polar surface area (TPSA) is 164 Å². The molecular formula is C22H14N6O5S. The molecule has 0 saturated heterocycles. The highest BCUT2D eigenvalue weighted by Gasteiger charge is 2.60. The summed E-state index contributed by atoms with van der Waals surface area (Å²) in [6.07, 6.45) is 0. The van der Waals surface area contributed by atoms with Crippen LogP contribution in [0.1, 0.15) is 16.8 Å². The van der Waals surface area contributed by atoms with Gasteiger partial charge >= 0.3 is 11.4 Å². The number of para-hydroxylation sites is 2. The first kappa shape index (κ1) is 20.1. The van der Waals surface area contributed by atoms with E-state index in [1.165, 1.54) is 4.90 Å². The summed E-state index contributed by atoms with van der Waals surface area (Å²) in [5, 5.41) is 2.95. The number of H-pyrrole nitrogens is 4. The zero-order valence-electron chi connectivity index (χ0n) is 17.1. The molecule has 5 N–H and O–H groups in total. The summed E-state index contributed by atoms with van der Waals surface area (Å²) < 4.78 is 0. The van der Waals surface area contributed by atoms with Crippen LogP contribution in [0.3, 0.4) is 0 Å². The Morgan fingerprint density at radius 3 is 2.24 bits per heavy atom. The van der Waals surface area contributed by atoms with Crippen molar-refractivity contribution in [3.8, 4) is 0 Å². The van der Waals surface area contributed by atoms with Gasteiger partial charge in [0.15, 0.2) is 5.41 Å². The third kappa shape index (κ3) is 2.39. The SMILES string of the molecule is O=C1N(c2ccccc2S)c2[nH]c(=O)[nH]c(=O)c2C12c1ccccc1Nc1c2[nH]c(=O)[nH]c1=O. The number of nitrogens with zero attached hydrogens (tertiary/aromatic N) is 1. The first-order chi connectivity index (χ1) is 16.3. The molecule has 0 radical (unpaired) electrons. The van der Waals surface area contributed by atoms with Gasteiger partial charge in [0.05, 0.1) is 16.9 Å². The highest BCUT2D eigenvalue weighted by atomic mass is 32.1. The Labute approximate surface area is 193 Å². The van der Waals surface area contributed by atoms with E-state index in [0.717, 1.165) is 0 Å². The number of amides is 1. The molecule has 1 spiro atoms. The summed E-state index contributed by atoms with van der Waals surface area (Å²) in [5.41, 5.74) is -4.54. The van der Waals surface area contributed by atoms with E-state index in [4.69, 9.17) is 0 Å². The highest BCUT2D eigenvalue weighted by molar-refractivity contribution is 7.80. The third-order valence-corrected chi connectivity index (χ3v) is 6.45. The van der Waals surface area contributed by atoms with E-state index >= 15 is 0 Å². The van der Waals surface area contributed by atoms with Gasteiger partial charge in [-0.1, -0.05) is 30.3 Å². The molecule has 12 heteroatoms. The molecule has 0 fully saturated rings. The van der Waals surface area contributed by atoms with Gasteiger partial charge in [-0.05, 0) is 18.2 Å². The van der Waals surface area contributed by atoms with E-state index in [9.17, 15) is 24.0 Å². The van der Waals surface area contributed by atoms with Crippen LogP contribution < -0.4 is 32.7 Å². The second-order valence-corrected chi connectivity index (χ2v) is 8.32. The summed E-state index contributed by atoms with van der Waals surface area (Å²) >= 11 is 4.46. The molecule has 2 aliphatic heterocycles. The van der Waals surface area contributed by atoms with Gasteiger partial charge in [-0.2, -0.15) is 0 Å². The smallest absolute Gasteiger partial charge is 0.327 e. The van der Waals surface area contributed by atoms with Crippen LogP contribution in [-0.2, 0) is 10.2 Å². The average Bonchev–Trinajstić information content (AvgIpc) is 3.04. The van der Waals surface area contributed by atoms with Crippen LogP contribution in [0.5, 0.6) is 0 Å². The maximum atomic E-state index is 14.5. The van der Waals surface area contributed by atoms with Crippen molar-refractivity contribution in [3.05, 3.63) is 107 Å². The molecule has 11 nitrogen and oxygen atoms in total. The molecule has 0 aliphatic carbocycles. The third-order valence-electron chi connectivity index (χ3n) is 6.08. The van der Waals surface area contributed by atoms with Crippen LogP contribution in [0.2, 0.25) is 0 Å². The molecule has 2 aromatic carbocycles. The number of aromatic amines is 4. The van der Waals surface area contributed by atoms with Crippen LogP contribution in [0, 0.1) is 0 Å². The first-order valence-electron chi connectivity index (χ1n) is 10.1. The highest BCUT2D eigenvalue weighted by Crippen LogP contribution is 2.55. The largest absolute Gasteiger partial charge is 0.349 e. The number of rotatable bonds is 1. The molecule has 34 heavy (non-hydrogen) atoms. The van der Waals surface area contributed by atoms with Crippen LogP contribution in [0.25, 0.3) is 0 Å². The number of aromatic nitrogens is 4. The van der Waals surface area contributed by atoms with Gasteiger partial charge < -0.3 is 10.3 Å². The quantitative estimate of drug-likeness (QED) is 0.223. The van der Waals surface area contributed by atoms with E-state index in [-0.39, 0.29) is 22.8 Å². The number of anilines is 4. The molecule has 4 aromatic rings. The summed E-state index contributed by atoms with van der Waals surface area (Å²) in [6, 6.07) is 13.3. The summed E-state index contributed by atoms with van der Waals surface area (Å²) in [6.45, 7) is 0. The molecule has 0 saturated carbocycles. The van der Waals surface area contributed by atoms with Crippen LogP contribution in [0.4, 0.5) is 22.9 Å². The van der Waals surface area contributed by atoms with E-state index in [2.05, 4.69) is 37.9 Å². The minimum atomic E-state index is -1.94. The fourth-order valence-corrected chi connectivity index (χ4v) is 5.07. The molecule has 0 bridgehead atoms. The standard InChI is InChI=1S/C22H14N6O5S/c29-17-13-16(25-21(33)26-17)28(11-7-3-4-8-12(11)34)19(31)22(13)9-5-1-2-6-10(9)23-14-15(22)24-20(32)27-18(14)30/h1-8,23,34H,(H2,24,27,30,32)(H2,25,26,29,33). The molecule has 1 atom stereocenters. The Kier molecular flexibility index (Phi) is 3.96. The van der Waals surface area contributed by atoms with Gasteiger partial charge in [0.25, 0.3) is 17.0 Å². The molecular weight excluding hydrogens is 460 g/mol. The number of hydrogen-bond donors (Lipinski definition) is 6. The summed E-state index contributed by atoms with van der Waals surface area (Å²) in [4.78, 5) is 76.2. The van der Waals surface area contributed by atoms with E-state index in [1.54, 1.807) is 48.5 Å². The second-order valence-electron chi connectivity index (χ2n) is 7.84. The lowest BCUT2D eigenvalue weighted by Crippen LogP contribution is -2.48. The Morgan fingerprint density at radius 2 is 1.44 bits per heavy atom. The van der Waals surface area contributed by atoms with Gasteiger partial charge in [-0.3, -0.25) is 34.2 Å². The Bertz CT molecular complexity index is 1780. The van der Waals surface area contributed by atoms with Crippen LogP contribution in [0.15, 0.2) is 72.6 Å². The molecule has 168 valence electrons. The fourth-order valence-electron chi connectivity index (χ4n) is 4.81. The summed E-state index contributed by atoms with van der Waals surface area (Å²) in [7, 11) is 0. The predicted octanol–water partition coefficient (Wildman–Crippen LogP) is 0.798. The molecule has 2 aliphatic rings. The van der Waals surface area contributed by atoms with Crippen molar-refractivity contribution < 1.29 is 4.79 Å². The van der Waals surface area contributed by atoms with Crippen molar-refractivity contribution in [2.75, 3.05) is 10.2 Å². The average molecular weight is 474 g/mol. The molecule has 1 unspecified atom stereocenters. The fraction of sp³-hybridized carbons (Fsp3) is 0.0455. The molecule has 6 rings (SSSR count). The van der Waals surface area contributed by atoms with Crippen molar-refractivity contribution in [1.82, 2.24) is 19.9 Å². The Balaban J connectivity index is 1.85. The van der Waals surface area contributed by atoms with Gasteiger partial charge in [-0.15, -0.1) is 12.6 Å². The number of fused-ring (bicyclic) bond motifs is 6. The van der Waals surface area contributed by atoms with E-state index in [0.29, 0.717) is 21.8 Å². The van der Waals surface area contributed by atoms with Crippen molar-refractivity contribution in [2.24, 2.45) is 0 Å². The maximum Gasteiger partial charge on any atom is 0.327 e. The summed E-state index contributed by atoms with van der Waals surface area (Å²) in [5.74, 6) is -0.753. The number of carbonyl (C=O) groups is 1. The van der Waals surface area contributed by atoms with Crippen LogP contribution in [-0.4, -0.2) is 25.8 Å². The number of carbonyl (C=O) groups excluding carboxylic acids is 1. The lowest BCUT2D eigenvalue weighted by Gasteiger charge is -2.35. The Hall–Kier alpha value is -4.58. The number of nitrogens with one attached hydrogen (secondary N) is 5. The second kappa shape index (κ2) is 6.71. The zero-order valence-corrected chi connectivity index (χ0v) is 17.9. The minimum Gasteiger partial charge on any atom is -0.349 e. The molecule has 4 heterocycles. The molecule has 2 aromatic heterocycles. The number of thiol groups is 1. The van der Waals surface area contributed by atoms with E-state index < -0.39 is 33.8 Å². The Morgan fingerprint density at radius 1 is 0.765 bits per heavy atom. The van der Waals surface area contributed by atoms with Gasteiger partial charge in [0.2, 0.25) is 0 Å². The van der Waals surface area contributed by atoms with Crippen molar-refractivity contribution in [2.45, 2.75) is 10.3 Å². The van der Waals surface area contributed by atoms with Crippen molar-refractivity contribution in [1.29, 1.82) is 0 Å². The lowest BCUT2D eigenvalue weighted by atomic mass is 9.70. The van der Waals surface area contributed by atoms with Gasteiger partial charge in [-0.25, -0.2) is 9.59 Å². The van der Waals surface area contributed by atoms with Crippen molar-refractivity contribution >= 4 is 41.4 Å². The predicted molar refractivity (Wildman–Crippen MR) is 126 cm³/mol. The zero-order chi connectivity index (χ0) is 23.8. The first-order valence-corrected chi connectivity index (χ1v) is 10.5. The monoisotopic (exact) mass is 474 g/mol. The number of hydrogen-bond acceptors (Lipinski definition) is 7. The number of benzene rings is 2. The van der Waals surface area contributed by atoms with Crippen LogP contribution >= 0.6 is 12.6 Å². The lowest BCUT2D eigenvalue weighted by molar-refractivity contribution is -0.120. The van der Waals surface area contributed by atoms with E-state index in [1.807, 2.05) is 0 Å². The molecule has 1 amide bonds. The van der Waals surface area contributed by atoms with Crippen molar-refractivity contribution in [3.63, 3.8) is 0 Å². The maximum absolute atomic E-state index is 14.5. The van der Waals surface area contributed by atoms with Gasteiger partial charge in [0, 0.05) is 16.1 Å². The minimum absolute atomic E-state index is 0.0796. The normalized spacial score (nSPS) is 17.8.